The molecule has 0 amide bonds. The molecule has 90 valence electrons. The number of aryl methyl sites for hydroxylation is 2. The summed E-state index contributed by atoms with van der Waals surface area (Å²) in [4.78, 5) is 0. The molecule has 16 heavy (non-hydrogen) atoms. The second kappa shape index (κ2) is 3.61. The molecule has 1 heterocycles. The van der Waals surface area contributed by atoms with E-state index in [4.69, 9.17) is 0 Å². The van der Waals surface area contributed by atoms with Gasteiger partial charge < -0.3 is 0 Å². The quantitative estimate of drug-likeness (QED) is 0.759. The maximum Gasteiger partial charge on any atom is 0.0596 e. The summed E-state index contributed by atoms with van der Waals surface area (Å²) >= 11 is 0. The molecule has 0 radical (unpaired) electrons. The van der Waals surface area contributed by atoms with Crippen molar-refractivity contribution in [2.24, 2.45) is 10.8 Å². The van der Waals surface area contributed by atoms with E-state index in [2.05, 4.69) is 50.5 Å². The minimum Gasteiger partial charge on any atom is -0.269 e. The number of rotatable bonds is 3. The molecule has 0 unspecified atom stereocenters. The van der Waals surface area contributed by atoms with E-state index in [-0.39, 0.29) is 0 Å². The van der Waals surface area contributed by atoms with Crippen molar-refractivity contribution in [1.82, 2.24) is 9.78 Å². The Labute approximate surface area is 99.0 Å². The molecule has 2 heteroatoms. The van der Waals surface area contributed by atoms with Crippen molar-refractivity contribution >= 4 is 0 Å². The van der Waals surface area contributed by atoms with Gasteiger partial charge in [-0.1, -0.05) is 20.8 Å². The first kappa shape index (κ1) is 11.7. The summed E-state index contributed by atoms with van der Waals surface area (Å²) in [6.45, 7) is 12.4. The van der Waals surface area contributed by atoms with E-state index in [0.29, 0.717) is 10.8 Å². The van der Waals surface area contributed by atoms with Crippen LogP contribution in [0.3, 0.4) is 0 Å². The van der Waals surface area contributed by atoms with Gasteiger partial charge in [0.05, 0.1) is 5.69 Å². The highest BCUT2D eigenvalue weighted by Gasteiger charge is 2.45. The zero-order chi connectivity index (χ0) is 12.0. The largest absolute Gasteiger partial charge is 0.269 e. The Morgan fingerprint density at radius 1 is 1.31 bits per heavy atom. The molecule has 1 aromatic rings. The smallest absolute Gasteiger partial charge is 0.0596 e. The van der Waals surface area contributed by atoms with Crippen molar-refractivity contribution in [1.29, 1.82) is 0 Å². The first-order chi connectivity index (χ1) is 7.30. The van der Waals surface area contributed by atoms with Crippen LogP contribution in [0.2, 0.25) is 0 Å². The van der Waals surface area contributed by atoms with Gasteiger partial charge >= 0.3 is 0 Å². The third kappa shape index (κ3) is 2.66. The predicted molar refractivity (Wildman–Crippen MR) is 67.4 cm³/mol. The molecule has 0 N–H and O–H groups in total. The molecule has 1 saturated carbocycles. The lowest BCUT2D eigenvalue weighted by atomic mass is 9.82. The third-order valence-electron chi connectivity index (χ3n) is 3.45. The van der Waals surface area contributed by atoms with Gasteiger partial charge in [0.25, 0.3) is 0 Å². The van der Waals surface area contributed by atoms with Gasteiger partial charge in [0.15, 0.2) is 0 Å². The SMILES string of the molecule is Cc1cc(C)n(CC2(CC(C)(C)C)CC2)n1. The van der Waals surface area contributed by atoms with Crippen molar-refractivity contribution in [3.8, 4) is 0 Å². The van der Waals surface area contributed by atoms with Gasteiger partial charge in [0.1, 0.15) is 0 Å². The lowest BCUT2D eigenvalue weighted by Gasteiger charge is -2.26. The van der Waals surface area contributed by atoms with Crippen molar-refractivity contribution in [3.05, 3.63) is 17.5 Å². The highest BCUT2D eigenvalue weighted by molar-refractivity contribution is 5.08. The minimum atomic E-state index is 0.437. The van der Waals surface area contributed by atoms with Crippen molar-refractivity contribution < 1.29 is 0 Å². The molecule has 1 aliphatic carbocycles. The molecule has 1 aromatic heterocycles. The van der Waals surface area contributed by atoms with E-state index in [9.17, 15) is 0 Å². The van der Waals surface area contributed by atoms with Crippen LogP contribution in [0.25, 0.3) is 0 Å². The van der Waals surface area contributed by atoms with E-state index in [1.165, 1.54) is 25.0 Å². The van der Waals surface area contributed by atoms with Gasteiger partial charge in [0.2, 0.25) is 0 Å². The zero-order valence-corrected chi connectivity index (χ0v) is 11.3. The fourth-order valence-electron chi connectivity index (χ4n) is 2.85. The summed E-state index contributed by atoms with van der Waals surface area (Å²) in [6, 6.07) is 2.17. The molecular formula is C14H24N2. The van der Waals surface area contributed by atoms with Crippen LogP contribution in [-0.4, -0.2) is 9.78 Å². The van der Waals surface area contributed by atoms with E-state index >= 15 is 0 Å². The number of hydrogen-bond acceptors (Lipinski definition) is 1. The summed E-state index contributed by atoms with van der Waals surface area (Å²) in [6.07, 6.45) is 4.07. The minimum absolute atomic E-state index is 0.437. The third-order valence-corrected chi connectivity index (χ3v) is 3.45. The van der Waals surface area contributed by atoms with Crippen LogP contribution in [0.4, 0.5) is 0 Å². The summed E-state index contributed by atoms with van der Waals surface area (Å²) in [5, 5.41) is 4.58. The average molecular weight is 220 g/mol. The lowest BCUT2D eigenvalue weighted by molar-refractivity contribution is 0.244. The highest BCUT2D eigenvalue weighted by atomic mass is 15.3. The second-order valence-corrected chi connectivity index (χ2v) is 6.82. The van der Waals surface area contributed by atoms with E-state index in [0.717, 1.165) is 12.2 Å². The highest BCUT2D eigenvalue weighted by Crippen LogP contribution is 2.54. The van der Waals surface area contributed by atoms with Crippen LogP contribution in [-0.2, 0) is 6.54 Å². The summed E-state index contributed by atoms with van der Waals surface area (Å²) in [5.74, 6) is 0. The van der Waals surface area contributed by atoms with Gasteiger partial charge in [-0.2, -0.15) is 5.10 Å². The first-order valence-corrected chi connectivity index (χ1v) is 6.31. The first-order valence-electron chi connectivity index (χ1n) is 6.31. The number of aromatic nitrogens is 2. The number of nitrogens with zero attached hydrogens (tertiary/aromatic N) is 2. The van der Waals surface area contributed by atoms with Crippen LogP contribution in [0.15, 0.2) is 6.07 Å². The Morgan fingerprint density at radius 2 is 1.94 bits per heavy atom. The molecule has 0 atom stereocenters. The summed E-state index contributed by atoms with van der Waals surface area (Å²) in [5.41, 5.74) is 3.43. The van der Waals surface area contributed by atoms with Gasteiger partial charge in [-0.05, 0) is 50.0 Å². The maximum atomic E-state index is 4.58. The summed E-state index contributed by atoms with van der Waals surface area (Å²) < 4.78 is 2.20. The fourth-order valence-corrected chi connectivity index (χ4v) is 2.85. The van der Waals surface area contributed by atoms with Gasteiger partial charge in [-0.3, -0.25) is 4.68 Å². The van der Waals surface area contributed by atoms with Crippen LogP contribution < -0.4 is 0 Å². The van der Waals surface area contributed by atoms with Crippen LogP contribution >= 0.6 is 0 Å². The average Bonchev–Trinajstić information content (AvgIpc) is 2.72. The fraction of sp³-hybridized carbons (Fsp3) is 0.786. The molecule has 0 aromatic carbocycles. The standard InChI is InChI=1S/C14H24N2/c1-11-8-12(2)16(15-11)10-14(6-7-14)9-13(3,4)5/h8H,6-7,9-10H2,1-5H3. The Balaban J connectivity index is 2.07. The molecular weight excluding hydrogens is 196 g/mol. The van der Waals surface area contributed by atoms with Crippen molar-refractivity contribution in [2.45, 2.75) is 60.4 Å². The summed E-state index contributed by atoms with van der Waals surface area (Å²) in [7, 11) is 0. The van der Waals surface area contributed by atoms with E-state index < -0.39 is 0 Å². The van der Waals surface area contributed by atoms with Gasteiger partial charge in [-0.25, -0.2) is 0 Å². The molecule has 1 fully saturated rings. The van der Waals surface area contributed by atoms with Crippen molar-refractivity contribution in [3.63, 3.8) is 0 Å². The second-order valence-electron chi connectivity index (χ2n) is 6.82. The molecule has 0 saturated heterocycles. The van der Waals surface area contributed by atoms with Crippen LogP contribution in [0, 0.1) is 24.7 Å². The Kier molecular flexibility index (Phi) is 2.64. The van der Waals surface area contributed by atoms with E-state index in [1.54, 1.807) is 0 Å². The Morgan fingerprint density at radius 3 is 2.31 bits per heavy atom. The maximum absolute atomic E-state index is 4.58. The molecule has 0 bridgehead atoms. The van der Waals surface area contributed by atoms with Crippen LogP contribution in [0.5, 0.6) is 0 Å². The molecule has 0 aliphatic heterocycles. The monoisotopic (exact) mass is 220 g/mol. The molecule has 2 rings (SSSR count). The molecule has 1 aliphatic rings. The Hall–Kier alpha value is -0.790. The Bertz CT molecular complexity index is 378. The van der Waals surface area contributed by atoms with E-state index in [1.807, 2.05) is 0 Å². The topological polar surface area (TPSA) is 17.8 Å². The molecule has 0 spiro atoms. The lowest BCUT2D eigenvalue weighted by Crippen LogP contribution is -2.20. The van der Waals surface area contributed by atoms with Crippen molar-refractivity contribution in [2.75, 3.05) is 0 Å². The normalized spacial score (nSPS) is 18.8. The van der Waals surface area contributed by atoms with Gasteiger partial charge in [-0.15, -0.1) is 0 Å². The zero-order valence-electron chi connectivity index (χ0n) is 11.3. The van der Waals surface area contributed by atoms with Gasteiger partial charge in [0, 0.05) is 12.2 Å². The van der Waals surface area contributed by atoms with Crippen LogP contribution in [0.1, 0.15) is 51.4 Å². The predicted octanol–water partition coefficient (Wildman–Crippen LogP) is 3.72. The number of hydrogen-bond donors (Lipinski definition) is 0. The molecule has 2 nitrogen and oxygen atoms in total.